The third-order valence-electron chi connectivity index (χ3n) is 4.34. The van der Waals surface area contributed by atoms with Gasteiger partial charge in [-0.2, -0.15) is 8.78 Å². The highest BCUT2D eigenvalue weighted by molar-refractivity contribution is 5.79. The van der Waals surface area contributed by atoms with E-state index >= 15 is 0 Å². The van der Waals surface area contributed by atoms with E-state index in [-0.39, 0.29) is 5.75 Å². The minimum absolute atomic E-state index is 0.141. The van der Waals surface area contributed by atoms with Crippen molar-refractivity contribution in [1.29, 1.82) is 0 Å². The van der Waals surface area contributed by atoms with Crippen LogP contribution in [0.3, 0.4) is 0 Å². The van der Waals surface area contributed by atoms with Crippen molar-refractivity contribution in [3.8, 4) is 5.75 Å². The summed E-state index contributed by atoms with van der Waals surface area (Å²) in [4.78, 5) is 4.49. The molecule has 0 aromatic heterocycles. The van der Waals surface area contributed by atoms with Gasteiger partial charge < -0.3 is 24.8 Å². The van der Waals surface area contributed by atoms with Gasteiger partial charge in [0.2, 0.25) is 0 Å². The highest BCUT2D eigenvalue weighted by atomic mass is 19.3. The summed E-state index contributed by atoms with van der Waals surface area (Å²) in [5, 5.41) is 6.44. The number of aliphatic imine (C=N–C) groups is 1. The highest BCUT2D eigenvalue weighted by Crippen LogP contribution is 2.16. The van der Waals surface area contributed by atoms with Crippen LogP contribution in [-0.4, -0.2) is 52.1 Å². The summed E-state index contributed by atoms with van der Waals surface area (Å²) in [6.07, 6.45) is 3.05. The van der Waals surface area contributed by atoms with Crippen molar-refractivity contribution in [2.45, 2.75) is 39.3 Å². The second-order valence-corrected chi connectivity index (χ2v) is 6.63. The topological polar surface area (TPSA) is 64.1 Å². The summed E-state index contributed by atoms with van der Waals surface area (Å²) in [6.45, 7) is 4.21. The lowest BCUT2D eigenvalue weighted by Crippen LogP contribution is -2.38. The summed E-state index contributed by atoms with van der Waals surface area (Å²) in [5.74, 6) is 1.44. The Balaban J connectivity index is 1.68. The van der Waals surface area contributed by atoms with E-state index in [2.05, 4.69) is 20.4 Å². The van der Waals surface area contributed by atoms with Crippen LogP contribution in [0.2, 0.25) is 0 Å². The third kappa shape index (κ3) is 9.32. The van der Waals surface area contributed by atoms with Crippen LogP contribution in [-0.2, 0) is 16.0 Å². The van der Waals surface area contributed by atoms with Gasteiger partial charge in [0.25, 0.3) is 0 Å². The summed E-state index contributed by atoms with van der Waals surface area (Å²) in [5.41, 5.74) is 0.801. The zero-order valence-electron chi connectivity index (χ0n) is 16.5. The van der Waals surface area contributed by atoms with Gasteiger partial charge in [-0.25, -0.2) is 4.99 Å². The molecule has 0 aliphatic carbocycles. The first-order valence-corrected chi connectivity index (χ1v) is 9.88. The van der Waals surface area contributed by atoms with E-state index < -0.39 is 6.61 Å². The van der Waals surface area contributed by atoms with Crippen LogP contribution in [0.4, 0.5) is 8.78 Å². The third-order valence-corrected chi connectivity index (χ3v) is 4.34. The molecule has 6 nitrogen and oxygen atoms in total. The summed E-state index contributed by atoms with van der Waals surface area (Å²) in [7, 11) is 0. The van der Waals surface area contributed by atoms with Gasteiger partial charge in [-0.05, 0) is 49.8 Å². The van der Waals surface area contributed by atoms with Crippen molar-refractivity contribution in [1.82, 2.24) is 10.6 Å². The molecule has 1 fully saturated rings. The summed E-state index contributed by atoms with van der Waals surface area (Å²) < 4.78 is 40.2. The van der Waals surface area contributed by atoms with Gasteiger partial charge in [0.05, 0.1) is 6.54 Å². The fraction of sp³-hybridized carbons (Fsp3) is 0.650. The molecule has 1 aromatic carbocycles. The Hall–Kier alpha value is -1.93. The number of ether oxygens (including phenoxy) is 3. The molecule has 1 saturated heterocycles. The molecule has 1 aromatic rings. The van der Waals surface area contributed by atoms with Crippen LogP contribution >= 0.6 is 0 Å². The van der Waals surface area contributed by atoms with Crippen molar-refractivity contribution in [2.24, 2.45) is 10.9 Å². The maximum atomic E-state index is 12.3. The molecule has 2 rings (SSSR count). The molecule has 0 atom stereocenters. The van der Waals surface area contributed by atoms with Crippen LogP contribution in [0.1, 0.15) is 31.7 Å². The molecule has 0 radical (unpaired) electrons. The molecule has 0 saturated carbocycles. The molecule has 28 heavy (non-hydrogen) atoms. The Morgan fingerprint density at radius 2 is 2.11 bits per heavy atom. The Morgan fingerprint density at radius 3 is 2.86 bits per heavy atom. The molecule has 0 spiro atoms. The van der Waals surface area contributed by atoms with Gasteiger partial charge in [-0.1, -0.05) is 12.1 Å². The van der Waals surface area contributed by atoms with Crippen LogP contribution in [0, 0.1) is 5.92 Å². The molecule has 2 N–H and O–H groups in total. The lowest BCUT2D eigenvalue weighted by Gasteiger charge is -2.21. The molecule has 1 heterocycles. The molecular weight excluding hydrogens is 368 g/mol. The Kier molecular flexibility index (Phi) is 10.6. The van der Waals surface area contributed by atoms with E-state index in [0.29, 0.717) is 25.0 Å². The van der Waals surface area contributed by atoms with Gasteiger partial charge in [0, 0.05) is 39.5 Å². The number of alkyl halides is 2. The second kappa shape index (κ2) is 13.3. The Labute approximate surface area is 165 Å². The predicted molar refractivity (Wildman–Crippen MR) is 105 cm³/mol. The van der Waals surface area contributed by atoms with E-state index in [9.17, 15) is 8.78 Å². The number of nitrogens with zero attached hydrogens (tertiary/aromatic N) is 1. The Bertz CT molecular complexity index is 582. The molecule has 0 bridgehead atoms. The van der Waals surface area contributed by atoms with E-state index in [1.54, 1.807) is 12.1 Å². The van der Waals surface area contributed by atoms with Crippen molar-refractivity contribution < 1.29 is 23.0 Å². The number of hydrogen-bond acceptors (Lipinski definition) is 4. The van der Waals surface area contributed by atoms with Crippen molar-refractivity contribution in [3.63, 3.8) is 0 Å². The largest absolute Gasteiger partial charge is 0.435 e. The van der Waals surface area contributed by atoms with Crippen molar-refractivity contribution in [2.75, 3.05) is 39.5 Å². The molecule has 0 amide bonds. The average Bonchev–Trinajstić information content (AvgIpc) is 2.69. The fourth-order valence-corrected chi connectivity index (χ4v) is 2.88. The first-order chi connectivity index (χ1) is 13.7. The first-order valence-electron chi connectivity index (χ1n) is 9.88. The highest BCUT2D eigenvalue weighted by Gasteiger charge is 2.13. The lowest BCUT2D eigenvalue weighted by molar-refractivity contribution is -0.0498. The van der Waals surface area contributed by atoms with E-state index in [1.807, 2.05) is 13.0 Å². The van der Waals surface area contributed by atoms with Crippen LogP contribution in [0.5, 0.6) is 5.75 Å². The lowest BCUT2D eigenvalue weighted by atomic mass is 10.0. The maximum absolute atomic E-state index is 12.3. The molecule has 158 valence electrons. The van der Waals surface area contributed by atoms with Crippen molar-refractivity contribution >= 4 is 5.96 Å². The van der Waals surface area contributed by atoms with Gasteiger partial charge in [0.15, 0.2) is 5.96 Å². The summed E-state index contributed by atoms with van der Waals surface area (Å²) >= 11 is 0. The molecule has 8 heteroatoms. The predicted octanol–water partition coefficient (Wildman–Crippen LogP) is 3.18. The van der Waals surface area contributed by atoms with E-state index in [4.69, 9.17) is 9.47 Å². The number of halogens is 2. The van der Waals surface area contributed by atoms with Crippen LogP contribution in [0.25, 0.3) is 0 Å². The second-order valence-electron chi connectivity index (χ2n) is 6.63. The van der Waals surface area contributed by atoms with Gasteiger partial charge >= 0.3 is 6.61 Å². The minimum Gasteiger partial charge on any atom is -0.435 e. The number of benzene rings is 1. The average molecular weight is 399 g/mol. The quantitative estimate of drug-likeness (QED) is 0.340. The standard InChI is InChI=1S/C20H31F2N3O3/c1-2-23-20(24-9-4-10-27-15-16-7-11-26-12-8-16)25-14-17-5-3-6-18(13-17)28-19(21)22/h3,5-6,13,16,19H,2,4,7-12,14-15H2,1H3,(H2,23,24,25). The first kappa shape index (κ1) is 22.4. The zero-order valence-corrected chi connectivity index (χ0v) is 16.5. The molecular formula is C20H31F2N3O3. The van der Waals surface area contributed by atoms with Crippen LogP contribution in [0.15, 0.2) is 29.3 Å². The van der Waals surface area contributed by atoms with Gasteiger partial charge in [-0.15, -0.1) is 0 Å². The monoisotopic (exact) mass is 399 g/mol. The van der Waals surface area contributed by atoms with Gasteiger partial charge in [0.1, 0.15) is 5.75 Å². The van der Waals surface area contributed by atoms with Crippen LogP contribution < -0.4 is 15.4 Å². The van der Waals surface area contributed by atoms with Crippen molar-refractivity contribution in [3.05, 3.63) is 29.8 Å². The number of rotatable bonds is 11. The summed E-state index contributed by atoms with van der Waals surface area (Å²) in [6, 6.07) is 6.58. The smallest absolute Gasteiger partial charge is 0.387 e. The number of guanidine groups is 1. The zero-order chi connectivity index (χ0) is 20.0. The molecule has 1 aliphatic heterocycles. The fourth-order valence-electron chi connectivity index (χ4n) is 2.88. The Morgan fingerprint density at radius 1 is 1.29 bits per heavy atom. The van der Waals surface area contributed by atoms with E-state index in [1.165, 1.54) is 6.07 Å². The van der Waals surface area contributed by atoms with Gasteiger partial charge in [-0.3, -0.25) is 0 Å². The number of nitrogens with one attached hydrogen (secondary N) is 2. The number of hydrogen-bond donors (Lipinski definition) is 2. The normalized spacial score (nSPS) is 15.6. The maximum Gasteiger partial charge on any atom is 0.387 e. The SMILES string of the molecule is CCNC(=NCc1cccc(OC(F)F)c1)NCCCOCC1CCOCC1. The molecule has 1 aliphatic rings. The minimum atomic E-state index is -2.83. The van der Waals surface area contributed by atoms with E-state index in [0.717, 1.165) is 57.7 Å². The molecule has 0 unspecified atom stereocenters.